The lowest BCUT2D eigenvalue weighted by atomic mass is 10.1. The van der Waals surface area contributed by atoms with Crippen LogP contribution in [0.4, 0.5) is 11.4 Å². The zero-order valence-corrected chi connectivity index (χ0v) is 19.9. The lowest BCUT2D eigenvalue weighted by molar-refractivity contribution is -0.114. The number of ether oxygens (including phenoxy) is 1. The van der Waals surface area contributed by atoms with Crippen molar-refractivity contribution in [2.75, 3.05) is 36.9 Å². The van der Waals surface area contributed by atoms with E-state index in [2.05, 4.69) is 22.8 Å². The van der Waals surface area contributed by atoms with Gasteiger partial charge >= 0.3 is 0 Å². The average Bonchev–Trinajstić information content (AvgIpc) is 2.88. The van der Waals surface area contributed by atoms with Gasteiger partial charge in [-0.1, -0.05) is 48.5 Å². The number of carbonyl (C=O) groups is 2. The van der Waals surface area contributed by atoms with E-state index in [1.807, 2.05) is 68.4 Å². The van der Waals surface area contributed by atoms with Gasteiger partial charge in [0.05, 0.1) is 18.8 Å². The van der Waals surface area contributed by atoms with Crippen molar-refractivity contribution in [3.63, 3.8) is 0 Å². The summed E-state index contributed by atoms with van der Waals surface area (Å²) in [5, 5.41) is 6.01. The summed E-state index contributed by atoms with van der Waals surface area (Å²) in [6.45, 7) is 5.86. The number of hydrogen-bond acceptors (Lipinski definition) is 4. The van der Waals surface area contributed by atoms with Gasteiger partial charge in [0, 0.05) is 24.3 Å². The summed E-state index contributed by atoms with van der Waals surface area (Å²) in [4.78, 5) is 26.9. The molecule has 2 N–H and O–H groups in total. The Morgan fingerprint density at radius 1 is 0.882 bits per heavy atom. The SMILES string of the molecule is CCN(CC)C(=O)c1cccc(NCC(=O)Nc2ccccc2OCCCc2ccccc2)c1. The Kier molecular flexibility index (Phi) is 9.52. The zero-order chi connectivity index (χ0) is 24.2. The van der Waals surface area contributed by atoms with Gasteiger partial charge in [-0.05, 0) is 62.6 Å². The number of benzene rings is 3. The smallest absolute Gasteiger partial charge is 0.253 e. The van der Waals surface area contributed by atoms with Crippen LogP contribution in [0.3, 0.4) is 0 Å². The average molecular weight is 460 g/mol. The number of para-hydroxylation sites is 2. The maximum absolute atomic E-state index is 12.6. The number of aryl methyl sites for hydroxylation is 1. The van der Waals surface area contributed by atoms with Crippen molar-refractivity contribution in [2.24, 2.45) is 0 Å². The van der Waals surface area contributed by atoms with Gasteiger partial charge in [-0.3, -0.25) is 9.59 Å². The third-order valence-corrected chi connectivity index (χ3v) is 5.48. The molecule has 178 valence electrons. The van der Waals surface area contributed by atoms with Gasteiger partial charge in [0.15, 0.2) is 0 Å². The maximum atomic E-state index is 12.6. The minimum atomic E-state index is -0.194. The summed E-state index contributed by atoms with van der Waals surface area (Å²) in [6, 6.07) is 25.0. The van der Waals surface area contributed by atoms with Crippen molar-refractivity contribution < 1.29 is 14.3 Å². The van der Waals surface area contributed by atoms with Crippen LogP contribution in [0.15, 0.2) is 78.9 Å². The fourth-order valence-corrected chi connectivity index (χ4v) is 3.63. The molecule has 0 radical (unpaired) electrons. The first kappa shape index (κ1) is 24.8. The summed E-state index contributed by atoms with van der Waals surface area (Å²) in [5.41, 5.74) is 3.24. The van der Waals surface area contributed by atoms with E-state index in [1.165, 1.54) is 5.56 Å². The molecule has 0 bridgehead atoms. The molecular weight excluding hydrogens is 426 g/mol. The molecule has 34 heavy (non-hydrogen) atoms. The predicted molar refractivity (Wildman–Crippen MR) is 138 cm³/mol. The van der Waals surface area contributed by atoms with Crippen LogP contribution in [0.2, 0.25) is 0 Å². The third-order valence-electron chi connectivity index (χ3n) is 5.48. The molecule has 3 rings (SSSR count). The van der Waals surface area contributed by atoms with E-state index in [0.717, 1.165) is 18.5 Å². The van der Waals surface area contributed by atoms with Gasteiger partial charge in [-0.15, -0.1) is 0 Å². The predicted octanol–water partition coefficient (Wildman–Crippen LogP) is 5.23. The van der Waals surface area contributed by atoms with E-state index >= 15 is 0 Å². The Morgan fingerprint density at radius 3 is 2.38 bits per heavy atom. The Hall–Kier alpha value is -3.80. The minimum Gasteiger partial charge on any atom is -0.491 e. The van der Waals surface area contributed by atoms with Crippen LogP contribution in [0.5, 0.6) is 5.75 Å². The molecule has 3 aromatic carbocycles. The van der Waals surface area contributed by atoms with Gasteiger partial charge < -0.3 is 20.3 Å². The van der Waals surface area contributed by atoms with Crippen LogP contribution in [-0.2, 0) is 11.2 Å². The normalized spacial score (nSPS) is 10.4. The van der Waals surface area contributed by atoms with Gasteiger partial charge in [0.2, 0.25) is 5.91 Å². The highest BCUT2D eigenvalue weighted by Gasteiger charge is 2.13. The first-order valence-electron chi connectivity index (χ1n) is 11.8. The second kappa shape index (κ2) is 13.0. The van der Waals surface area contributed by atoms with E-state index in [4.69, 9.17) is 4.74 Å². The molecule has 0 aromatic heterocycles. The van der Waals surface area contributed by atoms with Gasteiger partial charge in [0.25, 0.3) is 5.91 Å². The number of amides is 2. The third kappa shape index (κ3) is 7.37. The van der Waals surface area contributed by atoms with Crippen molar-refractivity contribution in [3.05, 3.63) is 90.0 Å². The zero-order valence-electron chi connectivity index (χ0n) is 19.9. The largest absolute Gasteiger partial charge is 0.491 e. The van der Waals surface area contributed by atoms with Gasteiger partial charge in [-0.25, -0.2) is 0 Å². The second-order valence-electron chi connectivity index (χ2n) is 7.89. The van der Waals surface area contributed by atoms with E-state index in [1.54, 1.807) is 17.0 Å². The van der Waals surface area contributed by atoms with Crippen molar-refractivity contribution in [1.82, 2.24) is 4.90 Å². The molecule has 0 unspecified atom stereocenters. The molecule has 0 aliphatic heterocycles. The van der Waals surface area contributed by atoms with Crippen LogP contribution in [0.25, 0.3) is 0 Å². The second-order valence-corrected chi connectivity index (χ2v) is 7.89. The molecule has 2 amide bonds. The first-order valence-corrected chi connectivity index (χ1v) is 11.8. The monoisotopic (exact) mass is 459 g/mol. The summed E-state index contributed by atoms with van der Waals surface area (Å²) in [6.07, 6.45) is 1.82. The number of nitrogens with zero attached hydrogens (tertiary/aromatic N) is 1. The molecule has 0 aliphatic carbocycles. The van der Waals surface area contributed by atoms with E-state index in [9.17, 15) is 9.59 Å². The molecule has 0 fully saturated rings. The lowest BCUT2D eigenvalue weighted by Gasteiger charge is -2.19. The van der Waals surface area contributed by atoms with E-state index in [0.29, 0.717) is 36.7 Å². The van der Waals surface area contributed by atoms with Crippen LogP contribution in [0.1, 0.15) is 36.2 Å². The highest BCUT2D eigenvalue weighted by atomic mass is 16.5. The van der Waals surface area contributed by atoms with Crippen LogP contribution in [0, 0.1) is 0 Å². The molecule has 0 aliphatic rings. The topological polar surface area (TPSA) is 70.7 Å². The fraction of sp³-hybridized carbons (Fsp3) is 0.286. The van der Waals surface area contributed by atoms with Crippen molar-refractivity contribution in [1.29, 1.82) is 0 Å². The van der Waals surface area contributed by atoms with Crippen LogP contribution < -0.4 is 15.4 Å². The van der Waals surface area contributed by atoms with E-state index < -0.39 is 0 Å². The number of carbonyl (C=O) groups excluding carboxylic acids is 2. The Bertz CT molecular complexity index is 1070. The first-order chi connectivity index (χ1) is 16.6. The molecular formula is C28H33N3O3. The van der Waals surface area contributed by atoms with E-state index in [-0.39, 0.29) is 18.4 Å². The summed E-state index contributed by atoms with van der Waals surface area (Å²) in [5.74, 6) is 0.438. The number of nitrogens with one attached hydrogen (secondary N) is 2. The minimum absolute atomic E-state index is 0.0172. The van der Waals surface area contributed by atoms with Gasteiger partial charge in [-0.2, -0.15) is 0 Å². The standard InChI is InChI=1S/C28H33N3O3/c1-3-31(4-2)28(33)23-15-10-16-24(20-23)29-21-27(32)30-25-17-8-9-18-26(25)34-19-11-14-22-12-6-5-7-13-22/h5-10,12-13,15-18,20,29H,3-4,11,14,19,21H2,1-2H3,(H,30,32). The Morgan fingerprint density at radius 2 is 1.62 bits per heavy atom. The number of hydrogen-bond donors (Lipinski definition) is 2. The summed E-state index contributed by atoms with van der Waals surface area (Å²) in [7, 11) is 0. The highest BCUT2D eigenvalue weighted by Crippen LogP contribution is 2.24. The molecule has 0 heterocycles. The van der Waals surface area contributed by atoms with Crippen molar-refractivity contribution in [2.45, 2.75) is 26.7 Å². The van der Waals surface area contributed by atoms with Crippen LogP contribution >= 0.6 is 0 Å². The molecule has 0 spiro atoms. The molecule has 0 atom stereocenters. The molecule has 0 saturated carbocycles. The summed E-state index contributed by atoms with van der Waals surface area (Å²) < 4.78 is 5.93. The van der Waals surface area contributed by atoms with Crippen molar-refractivity contribution >= 4 is 23.2 Å². The number of anilines is 2. The molecule has 6 heteroatoms. The van der Waals surface area contributed by atoms with Crippen LogP contribution in [-0.4, -0.2) is 43.0 Å². The maximum Gasteiger partial charge on any atom is 0.253 e. The van der Waals surface area contributed by atoms with Crippen molar-refractivity contribution in [3.8, 4) is 5.75 Å². The molecule has 0 saturated heterocycles. The highest BCUT2D eigenvalue weighted by molar-refractivity contribution is 5.96. The quantitative estimate of drug-likeness (QED) is 0.364. The molecule has 6 nitrogen and oxygen atoms in total. The summed E-state index contributed by atoms with van der Waals surface area (Å²) >= 11 is 0. The fourth-order valence-electron chi connectivity index (χ4n) is 3.63. The van der Waals surface area contributed by atoms with Gasteiger partial charge in [0.1, 0.15) is 5.75 Å². The number of rotatable bonds is 12. The lowest BCUT2D eigenvalue weighted by Crippen LogP contribution is -2.30. The Balaban J connectivity index is 1.50. The molecule has 3 aromatic rings. The Labute approximate surface area is 201 Å².